The Bertz CT molecular complexity index is 806. The van der Waals surface area contributed by atoms with Crippen LogP contribution >= 0.6 is 0 Å². The second-order valence-corrected chi connectivity index (χ2v) is 5.52. The number of amides is 1. The smallest absolute Gasteiger partial charge is 0.338 e. The molecule has 1 atom stereocenters. The van der Waals surface area contributed by atoms with Crippen molar-refractivity contribution in [3.8, 4) is 11.5 Å². The molecule has 0 fully saturated rings. The number of nitrogens with one attached hydrogen (secondary N) is 1. The third kappa shape index (κ3) is 4.00. The Morgan fingerprint density at radius 3 is 2.64 bits per heavy atom. The Morgan fingerprint density at radius 1 is 1.12 bits per heavy atom. The van der Waals surface area contributed by atoms with Crippen molar-refractivity contribution >= 4 is 23.3 Å². The molecule has 3 N–H and O–H groups in total. The van der Waals surface area contributed by atoms with Gasteiger partial charge in [0.05, 0.1) is 5.56 Å². The van der Waals surface area contributed by atoms with Crippen molar-refractivity contribution in [3.05, 3.63) is 48.0 Å². The molecule has 2 aromatic carbocycles. The van der Waals surface area contributed by atoms with Crippen LogP contribution in [0.4, 0.5) is 11.4 Å². The van der Waals surface area contributed by atoms with Crippen LogP contribution in [-0.4, -0.2) is 31.2 Å². The van der Waals surface area contributed by atoms with Gasteiger partial charge in [-0.15, -0.1) is 0 Å². The number of ether oxygens (including phenoxy) is 3. The number of anilines is 2. The van der Waals surface area contributed by atoms with Crippen LogP contribution < -0.4 is 20.5 Å². The van der Waals surface area contributed by atoms with Crippen molar-refractivity contribution in [3.63, 3.8) is 0 Å². The van der Waals surface area contributed by atoms with Crippen LogP contribution in [0.1, 0.15) is 17.3 Å². The molecule has 1 heterocycles. The van der Waals surface area contributed by atoms with E-state index in [2.05, 4.69) is 5.32 Å². The van der Waals surface area contributed by atoms with Crippen molar-refractivity contribution in [2.75, 3.05) is 24.3 Å². The molecule has 0 radical (unpaired) electrons. The molecule has 130 valence electrons. The first-order chi connectivity index (χ1) is 12.0. The van der Waals surface area contributed by atoms with E-state index < -0.39 is 18.0 Å². The van der Waals surface area contributed by atoms with Gasteiger partial charge in [-0.1, -0.05) is 6.07 Å². The average molecular weight is 342 g/mol. The minimum atomic E-state index is -0.970. The summed E-state index contributed by atoms with van der Waals surface area (Å²) < 4.78 is 16.1. The van der Waals surface area contributed by atoms with Gasteiger partial charge in [0.15, 0.2) is 17.6 Å². The summed E-state index contributed by atoms with van der Waals surface area (Å²) in [4.78, 5) is 24.3. The summed E-state index contributed by atoms with van der Waals surface area (Å²) in [5, 5.41) is 2.68. The van der Waals surface area contributed by atoms with Crippen molar-refractivity contribution in [1.29, 1.82) is 0 Å². The van der Waals surface area contributed by atoms with Crippen LogP contribution in [0.3, 0.4) is 0 Å². The molecule has 0 spiro atoms. The van der Waals surface area contributed by atoms with Gasteiger partial charge in [-0.2, -0.15) is 0 Å². The molecule has 0 aromatic heterocycles. The lowest BCUT2D eigenvalue weighted by Gasteiger charge is -2.19. The number of esters is 1. The largest absolute Gasteiger partial charge is 0.486 e. The SMILES string of the molecule is CC(OC(=O)c1cccc(N)c1)C(=O)Nc1ccc2c(c1)OCCO2. The van der Waals surface area contributed by atoms with E-state index in [1.54, 1.807) is 36.4 Å². The maximum absolute atomic E-state index is 12.2. The number of carbonyl (C=O) groups excluding carboxylic acids is 2. The Kier molecular flexibility index (Phi) is 4.74. The lowest BCUT2D eigenvalue weighted by molar-refractivity contribution is -0.123. The van der Waals surface area contributed by atoms with E-state index in [1.807, 2.05) is 0 Å². The monoisotopic (exact) mass is 342 g/mol. The summed E-state index contributed by atoms with van der Waals surface area (Å²) in [5.41, 5.74) is 6.90. The Morgan fingerprint density at radius 2 is 1.88 bits per heavy atom. The molecule has 3 rings (SSSR count). The maximum atomic E-state index is 12.2. The van der Waals surface area contributed by atoms with Crippen LogP contribution in [0.25, 0.3) is 0 Å². The Hall–Kier alpha value is -3.22. The predicted octanol–water partition coefficient (Wildman–Crippen LogP) is 2.22. The van der Waals surface area contributed by atoms with E-state index in [0.717, 1.165) is 0 Å². The lowest BCUT2D eigenvalue weighted by atomic mass is 10.2. The highest BCUT2D eigenvalue weighted by Crippen LogP contribution is 2.32. The Balaban J connectivity index is 1.62. The van der Waals surface area contributed by atoms with E-state index in [-0.39, 0.29) is 0 Å². The zero-order valence-electron chi connectivity index (χ0n) is 13.7. The molecule has 1 aliphatic rings. The number of rotatable bonds is 4. The van der Waals surface area contributed by atoms with Crippen LogP contribution in [0, 0.1) is 0 Å². The van der Waals surface area contributed by atoms with Gasteiger partial charge in [-0.3, -0.25) is 4.79 Å². The van der Waals surface area contributed by atoms with Gasteiger partial charge in [0, 0.05) is 17.4 Å². The topological polar surface area (TPSA) is 99.9 Å². The summed E-state index contributed by atoms with van der Waals surface area (Å²) >= 11 is 0. The zero-order valence-corrected chi connectivity index (χ0v) is 13.7. The highest BCUT2D eigenvalue weighted by Gasteiger charge is 2.20. The zero-order chi connectivity index (χ0) is 17.8. The molecule has 0 saturated carbocycles. The molecule has 2 aromatic rings. The number of carbonyl (C=O) groups is 2. The number of benzene rings is 2. The van der Waals surface area contributed by atoms with Gasteiger partial charge in [-0.05, 0) is 37.3 Å². The first-order valence-electron chi connectivity index (χ1n) is 7.80. The number of nitrogen functional groups attached to an aromatic ring is 1. The fourth-order valence-corrected chi connectivity index (χ4v) is 2.31. The van der Waals surface area contributed by atoms with E-state index in [9.17, 15) is 9.59 Å². The van der Waals surface area contributed by atoms with Crippen molar-refractivity contribution in [2.45, 2.75) is 13.0 Å². The summed E-state index contributed by atoms with van der Waals surface area (Å²) in [6.07, 6.45) is -0.970. The van der Waals surface area contributed by atoms with Crippen LogP contribution in [0.15, 0.2) is 42.5 Å². The van der Waals surface area contributed by atoms with Gasteiger partial charge in [0.25, 0.3) is 5.91 Å². The van der Waals surface area contributed by atoms with E-state index in [1.165, 1.54) is 13.0 Å². The molecule has 0 bridgehead atoms. The summed E-state index contributed by atoms with van der Waals surface area (Å²) in [5.74, 6) is 0.130. The normalized spacial score (nSPS) is 13.6. The van der Waals surface area contributed by atoms with Gasteiger partial charge < -0.3 is 25.3 Å². The molecule has 0 aliphatic carbocycles. The summed E-state index contributed by atoms with van der Waals surface area (Å²) in [6.45, 7) is 2.45. The molecule has 7 heteroatoms. The first kappa shape index (κ1) is 16.6. The number of fused-ring (bicyclic) bond motifs is 1. The molecular formula is C18H18N2O5. The number of hydrogen-bond donors (Lipinski definition) is 2. The van der Waals surface area contributed by atoms with Gasteiger partial charge in [0.1, 0.15) is 13.2 Å². The van der Waals surface area contributed by atoms with Gasteiger partial charge in [0.2, 0.25) is 0 Å². The summed E-state index contributed by atoms with van der Waals surface area (Å²) in [6, 6.07) is 11.4. The van der Waals surface area contributed by atoms with Gasteiger partial charge in [-0.25, -0.2) is 4.79 Å². The standard InChI is InChI=1S/C18H18N2O5/c1-11(25-18(22)12-3-2-4-13(19)9-12)17(21)20-14-5-6-15-16(10-14)24-8-7-23-15/h2-6,9-11H,7-8,19H2,1H3,(H,20,21). The minimum Gasteiger partial charge on any atom is -0.486 e. The molecule has 7 nitrogen and oxygen atoms in total. The quantitative estimate of drug-likeness (QED) is 0.653. The fraction of sp³-hybridized carbons (Fsp3) is 0.222. The molecule has 1 amide bonds. The first-order valence-corrected chi connectivity index (χ1v) is 7.80. The minimum absolute atomic E-state index is 0.291. The second kappa shape index (κ2) is 7.12. The molecular weight excluding hydrogens is 324 g/mol. The predicted molar refractivity (Wildman–Crippen MR) is 91.8 cm³/mol. The average Bonchev–Trinajstić information content (AvgIpc) is 2.61. The molecule has 25 heavy (non-hydrogen) atoms. The molecule has 1 aliphatic heterocycles. The molecule has 0 saturated heterocycles. The van der Waals surface area contributed by atoms with E-state index in [4.69, 9.17) is 19.9 Å². The number of hydrogen-bond acceptors (Lipinski definition) is 6. The van der Waals surface area contributed by atoms with Crippen molar-refractivity contribution < 1.29 is 23.8 Å². The third-order valence-electron chi connectivity index (χ3n) is 3.59. The van der Waals surface area contributed by atoms with E-state index >= 15 is 0 Å². The fourth-order valence-electron chi connectivity index (χ4n) is 2.31. The maximum Gasteiger partial charge on any atom is 0.338 e. The van der Waals surface area contributed by atoms with E-state index in [0.29, 0.717) is 41.7 Å². The molecule has 1 unspecified atom stereocenters. The van der Waals surface area contributed by atoms with Crippen LogP contribution in [0.5, 0.6) is 11.5 Å². The lowest BCUT2D eigenvalue weighted by Crippen LogP contribution is -2.30. The van der Waals surface area contributed by atoms with Crippen LogP contribution in [-0.2, 0) is 9.53 Å². The third-order valence-corrected chi connectivity index (χ3v) is 3.59. The summed E-state index contributed by atoms with van der Waals surface area (Å²) in [7, 11) is 0. The van der Waals surface area contributed by atoms with Crippen molar-refractivity contribution in [2.24, 2.45) is 0 Å². The highest BCUT2D eigenvalue weighted by molar-refractivity contribution is 5.97. The van der Waals surface area contributed by atoms with Crippen molar-refractivity contribution in [1.82, 2.24) is 0 Å². The highest BCUT2D eigenvalue weighted by atomic mass is 16.6. The second-order valence-electron chi connectivity index (χ2n) is 5.52. The Labute approximate surface area is 144 Å². The number of nitrogens with two attached hydrogens (primary N) is 1. The van der Waals surface area contributed by atoms with Gasteiger partial charge >= 0.3 is 5.97 Å². The van der Waals surface area contributed by atoms with Crippen LogP contribution in [0.2, 0.25) is 0 Å².